The van der Waals surface area contributed by atoms with E-state index in [-0.39, 0.29) is 36.3 Å². The van der Waals surface area contributed by atoms with E-state index in [0.29, 0.717) is 19.4 Å². The van der Waals surface area contributed by atoms with E-state index in [1.54, 1.807) is 4.90 Å². The molecule has 2 heterocycles. The molecule has 1 amide bonds. The van der Waals surface area contributed by atoms with Gasteiger partial charge in [0.15, 0.2) is 9.84 Å². The highest BCUT2D eigenvalue weighted by Gasteiger charge is 2.34. The number of hydrogen-bond donors (Lipinski definition) is 1. The van der Waals surface area contributed by atoms with Gasteiger partial charge in [-0.3, -0.25) is 9.59 Å². The van der Waals surface area contributed by atoms with Gasteiger partial charge in [-0.25, -0.2) is 8.42 Å². The molecule has 1 N–H and O–H groups in total. The summed E-state index contributed by atoms with van der Waals surface area (Å²) in [7, 11) is -2.95. The maximum Gasteiger partial charge on any atom is 0.308 e. The van der Waals surface area contributed by atoms with Crippen LogP contribution < -0.4 is 0 Å². The molecule has 2 fully saturated rings. The molecule has 0 bridgehead atoms. The Kier molecular flexibility index (Phi) is 3.61. The fourth-order valence-corrected chi connectivity index (χ4v) is 4.46. The van der Waals surface area contributed by atoms with E-state index in [9.17, 15) is 18.0 Å². The van der Waals surface area contributed by atoms with E-state index in [1.165, 1.54) is 0 Å². The minimum Gasteiger partial charge on any atom is -0.481 e. The molecule has 0 aromatic rings. The van der Waals surface area contributed by atoms with Crippen molar-refractivity contribution in [2.24, 2.45) is 11.8 Å². The Morgan fingerprint density at radius 2 is 2.00 bits per heavy atom. The summed E-state index contributed by atoms with van der Waals surface area (Å²) in [5.41, 5.74) is 0. The number of rotatable bonds is 3. The lowest BCUT2D eigenvalue weighted by Gasteiger charge is -2.17. The maximum atomic E-state index is 11.9. The van der Waals surface area contributed by atoms with Crippen molar-refractivity contribution in [2.75, 3.05) is 24.6 Å². The molecule has 18 heavy (non-hydrogen) atoms. The molecule has 0 radical (unpaired) electrons. The molecule has 0 spiro atoms. The summed E-state index contributed by atoms with van der Waals surface area (Å²) in [6.07, 6.45) is 1.26. The first kappa shape index (κ1) is 13.3. The average molecular weight is 275 g/mol. The zero-order valence-corrected chi connectivity index (χ0v) is 10.9. The Bertz CT molecular complexity index is 458. The van der Waals surface area contributed by atoms with Crippen LogP contribution >= 0.6 is 0 Å². The van der Waals surface area contributed by atoms with Crippen LogP contribution in [0.1, 0.15) is 19.3 Å². The number of carboxylic acid groups (broad SMARTS) is 1. The lowest BCUT2D eigenvalue weighted by molar-refractivity contribution is -0.141. The molecule has 2 rings (SSSR count). The Hall–Kier alpha value is -1.11. The summed E-state index contributed by atoms with van der Waals surface area (Å²) < 4.78 is 22.6. The van der Waals surface area contributed by atoms with Gasteiger partial charge in [0.05, 0.1) is 17.4 Å². The summed E-state index contributed by atoms with van der Waals surface area (Å²) in [4.78, 5) is 24.2. The molecule has 102 valence electrons. The van der Waals surface area contributed by atoms with Gasteiger partial charge in [0.25, 0.3) is 0 Å². The number of carbonyl (C=O) groups is 2. The second kappa shape index (κ2) is 4.87. The van der Waals surface area contributed by atoms with Gasteiger partial charge in [-0.15, -0.1) is 0 Å². The SMILES string of the molecule is O=C(O)C1CCN(C(=O)CC2CCS(=O)(=O)C2)C1. The summed E-state index contributed by atoms with van der Waals surface area (Å²) in [5, 5.41) is 8.85. The molecule has 0 saturated carbocycles. The summed E-state index contributed by atoms with van der Waals surface area (Å²) in [6.45, 7) is 0.725. The van der Waals surface area contributed by atoms with Crippen LogP contribution in [0.5, 0.6) is 0 Å². The fourth-order valence-electron chi connectivity index (χ4n) is 2.60. The average Bonchev–Trinajstić information content (AvgIpc) is 2.85. The van der Waals surface area contributed by atoms with Gasteiger partial charge in [-0.05, 0) is 18.8 Å². The predicted molar refractivity (Wildman–Crippen MR) is 63.7 cm³/mol. The second-order valence-electron chi connectivity index (χ2n) is 5.14. The summed E-state index contributed by atoms with van der Waals surface area (Å²) >= 11 is 0. The first-order valence-electron chi connectivity index (χ1n) is 6.08. The highest BCUT2D eigenvalue weighted by Crippen LogP contribution is 2.24. The first-order valence-corrected chi connectivity index (χ1v) is 7.90. The zero-order valence-electron chi connectivity index (χ0n) is 10.0. The van der Waals surface area contributed by atoms with Crippen molar-refractivity contribution >= 4 is 21.7 Å². The van der Waals surface area contributed by atoms with Gasteiger partial charge in [0.1, 0.15) is 0 Å². The highest BCUT2D eigenvalue weighted by atomic mass is 32.2. The lowest BCUT2D eigenvalue weighted by atomic mass is 10.0. The van der Waals surface area contributed by atoms with Crippen molar-refractivity contribution in [2.45, 2.75) is 19.3 Å². The van der Waals surface area contributed by atoms with Crippen LogP contribution in [0.2, 0.25) is 0 Å². The van der Waals surface area contributed by atoms with Gasteiger partial charge in [0, 0.05) is 19.5 Å². The first-order chi connectivity index (χ1) is 8.37. The molecule has 2 saturated heterocycles. The van der Waals surface area contributed by atoms with Crippen LogP contribution in [0.15, 0.2) is 0 Å². The fraction of sp³-hybridized carbons (Fsp3) is 0.818. The third-order valence-electron chi connectivity index (χ3n) is 3.68. The second-order valence-corrected chi connectivity index (χ2v) is 7.37. The normalized spacial score (nSPS) is 30.6. The van der Waals surface area contributed by atoms with Crippen LogP contribution in [0, 0.1) is 11.8 Å². The van der Waals surface area contributed by atoms with Gasteiger partial charge in [0.2, 0.25) is 5.91 Å². The molecule has 0 aliphatic carbocycles. The number of hydrogen-bond acceptors (Lipinski definition) is 4. The number of carboxylic acids is 1. The van der Waals surface area contributed by atoms with Crippen molar-refractivity contribution < 1.29 is 23.1 Å². The number of likely N-dealkylation sites (tertiary alicyclic amines) is 1. The van der Waals surface area contributed by atoms with Crippen LogP contribution in [-0.2, 0) is 19.4 Å². The number of nitrogens with zero attached hydrogens (tertiary/aromatic N) is 1. The number of sulfone groups is 1. The van der Waals surface area contributed by atoms with Gasteiger partial charge in [-0.1, -0.05) is 0 Å². The van der Waals surface area contributed by atoms with Crippen LogP contribution in [0.25, 0.3) is 0 Å². The van der Waals surface area contributed by atoms with Crippen LogP contribution in [-0.4, -0.2) is 54.9 Å². The number of amides is 1. The number of aliphatic carboxylic acids is 1. The van der Waals surface area contributed by atoms with Crippen molar-refractivity contribution in [3.63, 3.8) is 0 Å². The van der Waals surface area contributed by atoms with E-state index < -0.39 is 21.7 Å². The molecule has 7 heteroatoms. The van der Waals surface area contributed by atoms with E-state index in [1.807, 2.05) is 0 Å². The third kappa shape index (κ3) is 3.01. The molecule has 0 aromatic heterocycles. The highest BCUT2D eigenvalue weighted by molar-refractivity contribution is 7.91. The quantitative estimate of drug-likeness (QED) is 0.766. The predicted octanol–water partition coefficient (Wildman–Crippen LogP) is -0.256. The summed E-state index contributed by atoms with van der Waals surface area (Å²) in [6, 6.07) is 0. The maximum absolute atomic E-state index is 11.9. The molecule has 2 unspecified atom stereocenters. The largest absolute Gasteiger partial charge is 0.481 e. The van der Waals surface area contributed by atoms with E-state index in [0.717, 1.165) is 0 Å². The number of carbonyl (C=O) groups excluding carboxylic acids is 1. The molecule has 2 atom stereocenters. The zero-order chi connectivity index (χ0) is 13.3. The molecular formula is C11H17NO5S. The van der Waals surface area contributed by atoms with Crippen LogP contribution in [0.4, 0.5) is 0 Å². The smallest absolute Gasteiger partial charge is 0.308 e. The van der Waals surface area contributed by atoms with Crippen molar-refractivity contribution in [1.29, 1.82) is 0 Å². The standard InChI is InChI=1S/C11H17NO5S/c13-10(5-8-2-4-18(16,17)7-8)12-3-1-9(6-12)11(14)15/h8-9H,1-7H2,(H,14,15). The molecule has 2 aliphatic heterocycles. The molecule has 0 aromatic carbocycles. The Labute approximate surface area is 106 Å². The third-order valence-corrected chi connectivity index (χ3v) is 5.52. The minimum absolute atomic E-state index is 0.0913. The Morgan fingerprint density at radius 1 is 1.28 bits per heavy atom. The molecular weight excluding hydrogens is 258 g/mol. The Balaban J connectivity index is 1.85. The molecule has 6 nitrogen and oxygen atoms in total. The van der Waals surface area contributed by atoms with E-state index in [2.05, 4.69) is 0 Å². The van der Waals surface area contributed by atoms with Crippen molar-refractivity contribution in [1.82, 2.24) is 4.90 Å². The minimum atomic E-state index is -2.95. The van der Waals surface area contributed by atoms with Gasteiger partial charge in [-0.2, -0.15) is 0 Å². The van der Waals surface area contributed by atoms with Crippen molar-refractivity contribution in [3.8, 4) is 0 Å². The van der Waals surface area contributed by atoms with E-state index >= 15 is 0 Å². The lowest BCUT2D eigenvalue weighted by Crippen LogP contribution is -2.31. The monoisotopic (exact) mass is 275 g/mol. The van der Waals surface area contributed by atoms with E-state index in [4.69, 9.17) is 5.11 Å². The summed E-state index contributed by atoms with van der Waals surface area (Å²) in [5.74, 6) is -1.28. The Morgan fingerprint density at radius 3 is 2.50 bits per heavy atom. The van der Waals surface area contributed by atoms with Gasteiger partial charge < -0.3 is 10.0 Å². The van der Waals surface area contributed by atoms with Crippen molar-refractivity contribution in [3.05, 3.63) is 0 Å². The van der Waals surface area contributed by atoms with Gasteiger partial charge >= 0.3 is 5.97 Å². The van der Waals surface area contributed by atoms with Crippen LogP contribution in [0.3, 0.4) is 0 Å². The topological polar surface area (TPSA) is 91.8 Å². The molecule has 2 aliphatic rings.